The monoisotopic (exact) mass is 283 g/mol. The highest BCUT2D eigenvalue weighted by Gasteiger charge is 2.35. The van der Waals surface area contributed by atoms with E-state index >= 15 is 0 Å². The maximum Gasteiger partial charge on any atom is 0.0668 e. The lowest BCUT2D eigenvalue weighted by Gasteiger charge is -2.33. The normalized spacial score (nSPS) is 19.4. The van der Waals surface area contributed by atoms with Gasteiger partial charge in [-0.3, -0.25) is 0 Å². The molecule has 1 aliphatic carbocycles. The van der Waals surface area contributed by atoms with Crippen LogP contribution in [0.4, 0.5) is 0 Å². The second kappa shape index (κ2) is 4.86. The van der Waals surface area contributed by atoms with E-state index in [9.17, 15) is 5.11 Å². The molecule has 1 aromatic rings. The minimum atomic E-state index is -0.262. The summed E-state index contributed by atoms with van der Waals surface area (Å²) in [5.41, 5.74) is 0.912. The van der Waals surface area contributed by atoms with Crippen LogP contribution >= 0.6 is 15.9 Å². The SMILES string of the molecule is CCC(CO)(NC1CC1)c1ccc(Br)cc1. The molecule has 0 heterocycles. The van der Waals surface area contributed by atoms with E-state index < -0.39 is 0 Å². The van der Waals surface area contributed by atoms with Gasteiger partial charge in [-0.05, 0) is 37.0 Å². The first-order valence-electron chi connectivity index (χ1n) is 5.85. The highest BCUT2D eigenvalue weighted by molar-refractivity contribution is 9.10. The van der Waals surface area contributed by atoms with E-state index in [2.05, 4.69) is 40.3 Å². The number of hydrogen-bond acceptors (Lipinski definition) is 2. The summed E-state index contributed by atoms with van der Waals surface area (Å²) in [6.45, 7) is 2.27. The van der Waals surface area contributed by atoms with Crippen molar-refractivity contribution in [1.82, 2.24) is 5.32 Å². The van der Waals surface area contributed by atoms with E-state index in [0.29, 0.717) is 6.04 Å². The van der Waals surface area contributed by atoms with E-state index in [-0.39, 0.29) is 12.1 Å². The topological polar surface area (TPSA) is 32.3 Å². The van der Waals surface area contributed by atoms with Gasteiger partial charge in [-0.15, -0.1) is 0 Å². The Morgan fingerprint density at radius 3 is 2.44 bits per heavy atom. The number of halogens is 1. The van der Waals surface area contributed by atoms with Crippen molar-refractivity contribution in [3.05, 3.63) is 34.3 Å². The Bertz CT molecular complexity index is 341. The molecule has 0 aliphatic heterocycles. The van der Waals surface area contributed by atoms with Gasteiger partial charge in [-0.25, -0.2) is 0 Å². The third-order valence-electron chi connectivity index (χ3n) is 3.33. The average molecular weight is 284 g/mol. The molecule has 1 aliphatic rings. The molecule has 2 N–H and O–H groups in total. The van der Waals surface area contributed by atoms with Crippen molar-refractivity contribution in [2.24, 2.45) is 0 Å². The van der Waals surface area contributed by atoms with E-state index in [1.165, 1.54) is 18.4 Å². The van der Waals surface area contributed by atoms with Crippen molar-refractivity contribution in [3.8, 4) is 0 Å². The molecule has 0 saturated heterocycles. The third kappa shape index (κ3) is 2.47. The predicted octanol–water partition coefficient (Wildman–Crippen LogP) is 2.80. The largest absolute Gasteiger partial charge is 0.394 e. The molecule has 1 saturated carbocycles. The molecular weight excluding hydrogens is 266 g/mol. The molecule has 0 bridgehead atoms. The number of rotatable bonds is 5. The van der Waals surface area contributed by atoms with Crippen LogP contribution < -0.4 is 5.32 Å². The second-order valence-corrected chi connectivity index (χ2v) is 5.43. The number of nitrogens with one attached hydrogen (secondary N) is 1. The molecule has 16 heavy (non-hydrogen) atoms. The minimum absolute atomic E-state index is 0.154. The van der Waals surface area contributed by atoms with E-state index in [0.717, 1.165) is 10.9 Å². The standard InChI is InChI=1S/C13H18BrNO/c1-2-13(9-16,15-12-7-8-12)10-3-5-11(14)6-4-10/h3-6,12,15-16H,2,7-9H2,1H3. The Kier molecular flexibility index (Phi) is 3.67. The highest BCUT2D eigenvalue weighted by Crippen LogP contribution is 2.31. The molecule has 0 aromatic heterocycles. The molecule has 1 atom stereocenters. The lowest BCUT2D eigenvalue weighted by molar-refractivity contribution is 0.153. The third-order valence-corrected chi connectivity index (χ3v) is 3.86. The van der Waals surface area contributed by atoms with Crippen molar-refractivity contribution in [1.29, 1.82) is 0 Å². The number of aliphatic hydroxyl groups excluding tert-OH is 1. The second-order valence-electron chi connectivity index (χ2n) is 4.52. The molecule has 0 amide bonds. The van der Waals surface area contributed by atoms with Gasteiger partial charge >= 0.3 is 0 Å². The van der Waals surface area contributed by atoms with Crippen LogP contribution in [0.25, 0.3) is 0 Å². The smallest absolute Gasteiger partial charge is 0.0668 e. The van der Waals surface area contributed by atoms with Gasteiger partial charge in [-0.2, -0.15) is 0 Å². The van der Waals surface area contributed by atoms with Crippen LogP contribution in [0.3, 0.4) is 0 Å². The quantitative estimate of drug-likeness (QED) is 0.871. The van der Waals surface area contributed by atoms with Crippen LogP contribution in [0.5, 0.6) is 0 Å². The number of hydrogen-bond donors (Lipinski definition) is 2. The summed E-state index contributed by atoms with van der Waals surface area (Å²) >= 11 is 3.44. The summed E-state index contributed by atoms with van der Waals surface area (Å²) in [6, 6.07) is 8.82. The Morgan fingerprint density at radius 1 is 1.38 bits per heavy atom. The molecule has 1 unspecified atom stereocenters. The first-order chi connectivity index (χ1) is 7.70. The van der Waals surface area contributed by atoms with Crippen molar-refractivity contribution >= 4 is 15.9 Å². The molecule has 88 valence electrons. The Labute approximate surface area is 105 Å². The van der Waals surface area contributed by atoms with E-state index in [4.69, 9.17) is 0 Å². The number of aliphatic hydroxyl groups is 1. The zero-order valence-electron chi connectivity index (χ0n) is 9.54. The Morgan fingerprint density at radius 2 is 2.00 bits per heavy atom. The van der Waals surface area contributed by atoms with Crippen molar-refractivity contribution in [2.45, 2.75) is 37.8 Å². The van der Waals surface area contributed by atoms with Gasteiger partial charge in [0.2, 0.25) is 0 Å². The van der Waals surface area contributed by atoms with Gasteiger partial charge in [-0.1, -0.05) is 35.0 Å². The maximum atomic E-state index is 9.70. The van der Waals surface area contributed by atoms with Gasteiger partial charge in [0.1, 0.15) is 0 Å². The van der Waals surface area contributed by atoms with E-state index in [1.807, 2.05) is 12.1 Å². The van der Waals surface area contributed by atoms with Crippen LogP contribution in [-0.4, -0.2) is 17.8 Å². The summed E-state index contributed by atoms with van der Waals surface area (Å²) in [6.07, 6.45) is 3.37. The van der Waals surface area contributed by atoms with E-state index in [1.54, 1.807) is 0 Å². The molecule has 0 spiro atoms. The van der Waals surface area contributed by atoms with Gasteiger partial charge in [0.15, 0.2) is 0 Å². The molecule has 0 radical (unpaired) electrons. The lowest BCUT2D eigenvalue weighted by atomic mass is 9.88. The summed E-state index contributed by atoms with van der Waals surface area (Å²) in [7, 11) is 0. The fraction of sp³-hybridized carbons (Fsp3) is 0.538. The average Bonchev–Trinajstić information content (AvgIpc) is 3.11. The molecule has 2 rings (SSSR count). The zero-order valence-corrected chi connectivity index (χ0v) is 11.1. The van der Waals surface area contributed by atoms with Crippen molar-refractivity contribution in [3.63, 3.8) is 0 Å². The minimum Gasteiger partial charge on any atom is -0.394 e. The first-order valence-corrected chi connectivity index (χ1v) is 6.64. The molecule has 2 nitrogen and oxygen atoms in total. The predicted molar refractivity (Wildman–Crippen MR) is 69.4 cm³/mol. The van der Waals surface area contributed by atoms with Crippen molar-refractivity contribution < 1.29 is 5.11 Å². The van der Waals surface area contributed by atoms with Crippen LogP contribution in [0.15, 0.2) is 28.7 Å². The summed E-state index contributed by atoms with van der Waals surface area (Å²) in [5.74, 6) is 0. The fourth-order valence-corrected chi connectivity index (χ4v) is 2.29. The van der Waals surface area contributed by atoms with Crippen molar-refractivity contribution in [2.75, 3.05) is 6.61 Å². The van der Waals surface area contributed by atoms with Crippen LogP contribution in [-0.2, 0) is 5.54 Å². The van der Waals surface area contributed by atoms with Crippen LogP contribution in [0.2, 0.25) is 0 Å². The highest BCUT2D eigenvalue weighted by atomic mass is 79.9. The molecular formula is C13H18BrNO. The molecule has 1 fully saturated rings. The zero-order chi connectivity index (χ0) is 11.6. The van der Waals surface area contributed by atoms with Crippen LogP contribution in [0, 0.1) is 0 Å². The molecule has 1 aromatic carbocycles. The summed E-state index contributed by atoms with van der Waals surface area (Å²) in [4.78, 5) is 0. The van der Waals surface area contributed by atoms with Gasteiger partial charge in [0.05, 0.1) is 12.1 Å². The van der Waals surface area contributed by atoms with Gasteiger partial charge < -0.3 is 10.4 Å². The molecule has 3 heteroatoms. The summed E-state index contributed by atoms with van der Waals surface area (Å²) < 4.78 is 1.07. The Balaban J connectivity index is 2.25. The van der Waals surface area contributed by atoms with Gasteiger partial charge in [0, 0.05) is 10.5 Å². The maximum absolute atomic E-state index is 9.70. The fourth-order valence-electron chi connectivity index (χ4n) is 2.03. The summed E-state index contributed by atoms with van der Waals surface area (Å²) in [5, 5.41) is 13.3. The lowest BCUT2D eigenvalue weighted by Crippen LogP contribution is -2.46. The van der Waals surface area contributed by atoms with Crippen LogP contribution in [0.1, 0.15) is 31.7 Å². The Hall–Kier alpha value is -0.380. The first kappa shape index (κ1) is 12.1. The van der Waals surface area contributed by atoms with Gasteiger partial charge in [0.25, 0.3) is 0 Å². The number of benzene rings is 1.